The van der Waals surface area contributed by atoms with Gasteiger partial charge in [-0.25, -0.2) is 4.99 Å². The van der Waals surface area contributed by atoms with Gasteiger partial charge in [-0.1, -0.05) is 37.2 Å². The molecule has 2 heterocycles. The Labute approximate surface area is 139 Å². The van der Waals surface area contributed by atoms with Crippen LogP contribution in [0.5, 0.6) is 0 Å². The zero-order valence-corrected chi connectivity index (χ0v) is 14.2. The van der Waals surface area contributed by atoms with Crippen LogP contribution in [-0.4, -0.2) is 5.71 Å². The molecule has 0 aliphatic carbocycles. The summed E-state index contributed by atoms with van der Waals surface area (Å²) in [5.74, 6) is 0.649. The molecule has 4 heteroatoms. The van der Waals surface area contributed by atoms with Crippen LogP contribution in [0.2, 0.25) is 4.34 Å². The molecule has 0 saturated heterocycles. The minimum Gasteiger partial charge on any atom is -0.340 e. The molecular formula is C18H17ClN2S. The van der Waals surface area contributed by atoms with Crippen molar-refractivity contribution >= 4 is 34.3 Å². The van der Waals surface area contributed by atoms with Gasteiger partial charge in [-0.2, -0.15) is 0 Å². The third-order valence-electron chi connectivity index (χ3n) is 3.68. The average Bonchev–Trinajstić information content (AvgIpc) is 2.94. The van der Waals surface area contributed by atoms with E-state index in [0.29, 0.717) is 5.82 Å². The Kier molecular flexibility index (Phi) is 4.19. The van der Waals surface area contributed by atoms with Gasteiger partial charge in [0.15, 0.2) is 0 Å². The first-order chi connectivity index (χ1) is 10.6. The topological polar surface area (TPSA) is 24.4 Å². The molecule has 1 N–H and O–H groups in total. The molecule has 0 fully saturated rings. The maximum absolute atomic E-state index is 6.03. The monoisotopic (exact) mass is 328 g/mol. The normalized spacial score (nSPS) is 14.4. The Morgan fingerprint density at radius 1 is 1.27 bits per heavy atom. The summed E-state index contributed by atoms with van der Waals surface area (Å²) in [5, 5.41) is 3.26. The fraction of sp³-hybridized carbons (Fsp3) is 0.167. The number of benzene rings is 1. The van der Waals surface area contributed by atoms with Gasteiger partial charge < -0.3 is 5.32 Å². The number of hydrogen-bond acceptors (Lipinski definition) is 3. The standard InChI is InChI=1S/C18H17ClN2S/c1-4-13-9-14(6-5-11(13)2)15-10-16(21-12(3)20-15)17-7-8-18(19)22-17/h5-10,20H,3-4H2,1-2H3. The summed E-state index contributed by atoms with van der Waals surface area (Å²) in [6.45, 7) is 8.28. The molecule has 0 bridgehead atoms. The van der Waals surface area contributed by atoms with Gasteiger partial charge >= 0.3 is 0 Å². The molecule has 3 rings (SSSR count). The van der Waals surface area contributed by atoms with Crippen molar-refractivity contribution in [3.05, 3.63) is 74.7 Å². The highest BCUT2D eigenvalue weighted by atomic mass is 35.5. The number of nitrogens with zero attached hydrogens (tertiary/aromatic N) is 1. The SMILES string of the molecule is C=C1N=C(c2ccc(Cl)s2)C=C(c2ccc(C)c(CC)c2)N1. The summed E-state index contributed by atoms with van der Waals surface area (Å²) < 4.78 is 0.764. The van der Waals surface area contributed by atoms with Crippen molar-refractivity contribution in [1.29, 1.82) is 0 Å². The minimum atomic E-state index is 0.649. The van der Waals surface area contributed by atoms with E-state index in [4.69, 9.17) is 11.6 Å². The summed E-state index contributed by atoms with van der Waals surface area (Å²) in [5.41, 5.74) is 5.75. The molecule has 0 saturated carbocycles. The molecule has 0 amide bonds. The van der Waals surface area contributed by atoms with Crippen LogP contribution in [0.4, 0.5) is 0 Å². The third-order valence-corrected chi connectivity index (χ3v) is 4.94. The molecule has 1 aliphatic heterocycles. The molecule has 22 heavy (non-hydrogen) atoms. The number of aryl methyl sites for hydroxylation is 2. The predicted molar refractivity (Wildman–Crippen MR) is 96.7 cm³/mol. The van der Waals surface area contributed by atoms with Crippen LogP contribution < -0.4 is 5.32 Å². The van der Waals surface area contributed by atoms with E-state index in [9.17, 15) is 0 Å². The first-order valence-electron chi connectivity index (χ1n) is 7.18. The van der Waals surface area contributed by atoms with Crippen molar-refractivity contribution in [3.8, 4) is 0 Å². The second-order valence-corrected chi connectivity index (χ2v) is 6.94. The van der Waals surface area contributed by atoms with E-state index in [1.54, 1.807) is 0 Å². The third kappa shape index (κ3) is 3.01. The fourth-order valence-corrected chi connectivity index (χ4v) is 3.49. The zero-order chi connectivity index (χ0) is 15.7. The number of halogens is 1. The first kappa shape index (κ1) is 15.1. The van der Waals surface area contributed by atoms with Crippen molar-refractivity contribution in [2.45, 2.75) is 20.3 Å². The number of thiophene rings is 1. The maximum Gasteiger partial charge on any atom is 0.123 e. The highest BCUT2D eigenvalue weighted by Crippen LogP contribution is 2.27. The lowest BCUT2D eigenvalue weighted by Crippen LogP contribution is -2.17. The van der Waals surface area contributed by atoms with Gasteiger partial charge in [0, 0.05) is 5.70 Å². The molecule has 1 aromatic heterocycles. The lowest BCUT2D eigenvalue weighted by Gasteiger charge is -2.18. The molecule has 0 unspecified atom stereocenters. The highest BCUT2D eigenvalue weighted by molar-refractivity contribution is 7.18. The second-order valence-electron chi connectivity index (χ2n) is 5.23. The second kappa shape index (κ2) is 6.11. The molecule has 1 aromatic carbocycles. The molecule has 2 nitrogen and oxygen atoms in total. The van der Waals surface area contributed by atoms with Gasteiger partial charge in [-0.15, -0.1) is 11.3 Å². The van der Waals surface area contributed by atoms with Crippen molar-refractivity contribution in [3.63, 3.8) is 0 Å². The lowest BCUT2D eigenvalue weighted by atomic mass is 10.00. The predicted octanol–water partition coefficient (Wildman–Crippen LogP) is 5.18. The van der Waals surface area contributed by atoms with Crippen molar-refractivity contribution in [2.24, 2.45) is 4.99 Å². The fourth-order valence-electron chi connectivity index (χ4n) is 2.49. The molecule has 112 valence electrons. The smallest absolute Gasteiger partial charge is 0.123 e. The Balaban J connectivity index is 2.02. The van der Waals surface area contributed by atoms with E-state index in [2.05, 4.69) is 55.0 Å². The van der Waals surface area contributed by atoms with Crippen LogP contribution in [0.15, 0.2) is 53.8 Å². The van der Waals surface area contributed by atoms with Gasteiger partial charge in [-0.3, -0.25) is 0 Å². The summed E-state index contributed by atoms with van der Waals surface area (Å²) in [6.07, 6.45) is 3.08. The van der Waals surface area contributed by atoms with Gasteiger partial charge in [0.1, 0.15) is 5.82 Å². The molecule has 0 spiro atoms. The van der Waals surface area contributed by atoms with Gasteiger partial charge in [0.25, 0.3) is 0 Å². The van der Waals surface area contributed by atoms with E-state index in [1.807, 2.05) is 12.1 Å². The van der Waals surface area contributed by atoms with Crippen LogP contribution in [0.3, 0.4) is 0 Å². The number of allylic oxidation sites excluding steroid dienone is 1. The number of nitrogens with one attached hydrogen (secondary N) is 1. The van der Waals surface area contributed by atoms with E-state index in [1.165, 1.54) is 22.5 Å². The van der Waals surface area contributed by atoms with Crippen LogP contribution >= 0.6 is 22.9 Å². The van der Waals surface area contributed by atoms with Crippen LogP contribution in [0.1, 0.15) is 28.5 Å². The molecule has 0 radical (unpaired) electrons. The van der Waals surface area contributed by atoms with Gasteiger partial charge in [0.05, 0.1) is 14.9 Å². The Hall–Kier alpha value is -1.84. The van der Waals surface area contributed by atoms with Crippen molar-refractivity contribution in [1.82, 2.24) is 5.32 Å². The van der Waals surface area contributed by atoms with E-state index in [-0.39, 0.29) is 0 Å². The maximum atomic E-state index is 6.03. The first-order valence-corrected chi connectivity index (χ1v) is 8.38. The number of hydrogen-bond donors (Lipinski definition) is 1. The summed E-state index contributed by atoms with van der Waals surface area (Å²) in [6, 6.07) is 10.4. The number of aliphatic imine (C=N–C) groups is 1. The zero-order valence-electron chi connectivity index (χ0n) is 12.6. The van der Waals surface area contributed by atoms with Crippen LogP contribution in [0, 0.1) is 6.92 Å². The van der Waals surface area contributed by atoms with E-state index >= 15 is 0 Å². The Morgan fingerprint density at radius 3 is 2.77 bits per heavy atom. The molecule has 1 aliphatic rings. The molecule has 2 aromatic rings. The summed E-state index contributed by atoms with van der Waals surface area (Å²) in [4.78, 5) is 5.54. The molecular weight excluding hydrogens is 312 g/mol. The molecule has 0 atom stereocenters. The quantitative estimate of drug-likeness (QED) is 0.825. The van der Waals surface area contributed by atoms with E-state index in [0.717, 1.165) is 32.6 Å². The van der Waals surface area contributed by atoms with E-state index < -0.39 is 0 Å². The largest absolute Gasteiger partial charge is 0.340 e. The lowest BCUT2D eigenvalue weighted by molar-refractivity contribution is 1.04. The highest BCUT2D eigenvalue weighted by Gasteiger charge is 2.14. The van der Waals surface area contributed by atoms with Gasteiger partial charge in [0.2, 0.25) is 0 Å². The van der Waals surface area contributed by atoms with Crippen molar-refractivity contribution in [2.75, 3.05) is 0 Å². The Morgan fingerprint density at radius 2 is 2.09 bits per heavy atom. The number of rotatable bonds is 3. The minimum absolute atomic E-state index is 0.649. The Bertz CT molecular complexity index is 799. The van der Waals surface area contributed by atoms with Crippen LogP contribution in [-0.2, 0) is 6.42 Å². The summed E-state index contributed by atoms with van der Waals surface area (Å²) in [7, 11) is 0. The van der Waals surface area contributed by atoms with Crippen molar-refractivity contribution < 1.29 is 0 Å². The average molecular weight is 329 g/mol. The van der Waals surface area contributed by atoms with Crippen LogP contribution in [0.25, 0.3) is 5.70 Å². The summed E-state index contributed by atoms with van der Waals surface area (Å²) >= 11 is 7.56. The van der Waals surface area contributed by atoms with Gasteiger partial charge in [-0.05, 0) is 54.3 Å².